The lowest BCUT2D eigenvalue weighted by Crippen LogP contribution is -2.15. The second-order valence-corrected chi connectivity index (χ2v) is 3.91. The van der Waals surface area contributed by atoms with Gasteiger partial charge >= 0.3 is 0 Å². The van der Waals surface area contributed by atoms with Crippen molar-refractivity contribution in [2.75, 3.05) is 13.6 Å². The average molecular weight is 215 g/mol. The van der Waals surface area contributed by atoms with Crippen LogP contribution in [-0.4, -0.2) is 23.1 Å². The number of imidazole rings is 1. The molecule has 0 bridgehead atoms. The summed E-state index contributed by atoms with van der Waals surface area (Å²) in [6.07, 6.45) is 3.87. The largest absolute Gasteiger partial charge is 0.330 e. The standard InChI is InChI=1S/C13H17N3/c1-11-3-5-12(6-4-11)13-15-8-10-16(13)9-7-14-2/h3-6,8,10,14H,7,9H2,1-2H3. The molecule has 0 saturated carbocycles. The quantitative estimate of drug-likeness (QED) is 0.846. The molecule has 1 aromatic heterocycles. The molecular weight excluding hydrogens is 198 g/mol. The summed E-state index contributed by atoms with van der Waals surface area (Å²) < 4.78 is 2.17. The van der Waals surface area contributed by atoms with Gasteiger partial charge < -0.3 is 9.88 Å². The minimum absolute atomic E-state index is 0.944. The van der Waals surface area contributed by atoms with E-state index in [1.165, 1.54) is 11.1 Å². The number of nitrogens with one attached hydrogen (secondary N) is 1. The van der Waals surface area contributed by atoms with Crippen LogP contribution in [0.25, 0.3) is 11.4 Å². The highest BCUT2D eigenvalue weighted by Gasteiger charge is 2.04. The highest BCUT2D eigenvalue weighted by Crippen LogP contribution is 2.17. The van der Waals surface area contributed by atoms with Gasteiger partial charge in [0, 0.05) is 31.0 Å². The number of hydrogen-bond donors (Lipinski definition) is 1. The second-order valence-electron chi connectivity index (χ2n) is 3.91. The van der Waals surface area contributed by atoms with Gasteiger partial charge in [-0.05, 0) is 14.0 Å². The van der Waals surface area contributed by atoms with E-state index >= 15 is 0 Å². The Morgan fingerprint density at radius 2 is 2.00 bits per heavy atom. The topological polar surface area (TPSA) is 29.9 Å². The van der Waals surface area contributed by atoms with Crippen LogP contribution in [0.15, 0.2) is 36.7 Å². The highest BCUT2D eigenvalue weighted by atomic mass is 15.1. The zero-order valence-corrected chi connectivity index (χ0v) is 9.77. The Morgan fingerprint density at radius 3 is 2.69 bits per heavy atom. The monoisotopic (exact) mass is 215 g/mol. The number of rotatable bonds is 4. The Balaban J connectivity index is 2.26. The van der Waals surface area contributed by atoms with E-state index in [2.05, 4.69) is 46.1 Å². The van der Waals surface area contributed by atoms with Crippen LogP contribution in [-0.2, 0) is 6.54 Å². The molecule has 0 aliphatic heterocycles. The van der Waals surface area contributed by atoms with E-state index in [9.17, 15) is 0 Å². The Kier molecular flexibility index (Phi) is 3.37. The SMILES string of the molecule is CNCCn1ccnc1-c1ccc(C)cc1. The summed E-state index contributed by atoms with van der Waals surface area (Å²) in [7, 11) is 1.96. The maximum atomic E-state index is 4.40. The van der Waals surface area contributed by atoms with Gasteiger partial charge in [0.1, 0.15) is 5.82 Å². The highest BCUT2D eigenvalue weighted by molar-refractivity contribution is 5.55. The van der Waals surface area contributed by atoms with Gasteiger partial charge in [0.15, 0.2) is 0 Å². The fourth-order valence-corrected chi connectivity index (χ4v) is 1.68. The van der Waals surface area contributed by atoms with Crippen molar-refractivity contribution in [3.63, 3.8) is 0 Å². The summed E-state index contributed by atoms with van der Waals surface area (Å²) >= 11 is 0. The molecule has 1 aromatic carbocycles. The lowest BCUT2D eigenvalue weighted by Gasteiger charge is -2.07. The summed E-state index contributed by atoms with van der Waals surface area (Å²) in [4.78, 5) is 4.40. The van der Waals surface area contributed by atoms with Crippen LogP contribution in [0.3, 0.4) is 0 Å². The fraction of sp³-hybridized carbons (Fsp3) is 0.308. The Bertz CT molecular complexity index is 442. The molecule has 84 valence electrons. The molecule has 2 aromatic rings. The lowest BCUT2D eigenvalue weighted by molar-refractivity contribution is 0.649. The van der Waals surface area contributed by atoms with Crippen LogP contribution >= 0.6 is 0 Å². The number of benzene rings is 1. The predicted molar refractivity (Wildman–Crippen MR) is 66.3 cm³/mol. The third kappa shape index (κ3) is 2.31. The second kappa shape index (κ2) is 4.94. The molecule has 0 aliphatic rings. The predicted octanol–water partition coefficient (Wildman–Crippen LogP) is 2.08. The summed E-state index contributed by atoms with van der Waals surface area (Å²) in [5, 5.41) is 3.15. The lowest BCUT2D eigenvalue weighted by atomic mass is 10.1. The first-order valence-corrected chi connectivity index (χ1v) is 5.54. The molecule has 0 aliphatic carbocycles. The summed E-state index contributed by atoms with van der Waals surface area (Å²) in [5.41, 5.74) is 2.45. The van der Waals surface area contributed by atoms with Crippen LogP contribution in [0.2, 0.25) is 0 Å². The number of likely N-dealkylation sites (N-methyl/N-ethyl adjacent to an activating group) is 1. The van der Waals surface area contributed by atoms with E-state index in [1.54, 1.807) is 0 Å². The Morgan fingerprint density at radius 1 is 1.25 bits per heavy atom. The molecule has 0 atom stereocenters. The molecule has 1 N–H and O–H groups in total. The molecule has 2 rings (SSSR count). The molecule has 1 heterocycles. The van der Waals surface area contributed by atoms with Crippen molar-refractivity contribution < 1.29 is 0 Å². The van der Waals surface area contributed by atoms with Gasteiger partial charge in [-0.2, -0.15) is 0 Å². The van der Waals surface area contributed by atoms with E-state index in [0.29, 0.717) is 0 Å². The van der Waals surface area contributed by atoms with Crippen molar-refractivity contribution in [2.45, 2.75) is 13.5 Å². The molecule has 0 spiro atoms. The van der Waals surface area contributed by atoms with E-state index in [4.69, 9.17) is 0 Å². The van der Waals surface area contributed by atoms with Gasteiger partial charge in [0.25, 0.3) is 0 Å². The van der Waals surface area contributed by atoms with Gasteiger partial charge in [-0.25, -0.2) is 4.98 Å². The van der Waals surface area contributed by atoms with Crippen molar-refractivity contribution in [3.8, 4) is 11.4 Å². The maximum Gasteiger partial charge on any atom is 0.139 e. The average Bonchev–Trinajstić information content (AvgIpc) is 2.75. The zero-order chi connectivity index (χ0) is 11.4. The van der Waals surface area contributed by atoms with Gasteiger partial charge in [-0.3, -0.25) is 0 Å². The molecule has 0 fully saturated rings. The first-order valence-electron chi connectivity index (χ1n) is 5.54. The first-order chi connectivity index (χ1) is 7.81. The number of hydrogen-bond acceptors (Lipinski definition) is 2. The molecule has 0 saturated heterocycles. The zero-order valence-electron chi connectivity index (χ0n) is 9.77. The number of nitrogens with zero attached hydrogens (tertiary/aromatic N) is 2. The van der Waals surface area contributed by atoms with Crippen molar-refractivity contribution in [3.05, 3.63) is 42.2 Å². The minimum Gasteiger partial charge on any atom is -0.330 e. The molecule has 16 heavy (non-hydrogen) atoms. The van der Waals surface area contributed by atoms with Gasteiger partial charge in [-0.15, -0.1) is 0 Å². The van der Waals surface area contributed by atoms with E-state index < -0.39 is 0 Å². The molecule has 3 nitrogen and oxygen atoms in total. The van der Waals surface area contributed by atoms with E-state index in [-0.39, 0.29) is 0 Å². The van der Waals surface area contributed by atoms with Crippen LogP contribution in [0.4, 0.5) is 0 Å². The molecule has 0 unspecified atom stereocenters. The van der Waals surface area contributed by atoms with Gasteiger partial charge in [0.05, 0.1) is 0 Å². The van der Waals surface area contributed by atoms with Crippen molar-refractivity contribution in [2.24, 2.45) is 0 Å². The summed E-state index contributed by atoms with van der Waals surface area (Å²) in [6.45, 7) is 3.99. The van der Waals surface area contributed by atoms with E-state index in [0.717, 1.165) is 18.9 Å². The van der Waals surface area contributed by atoms with Gasteiger partial charge in [0.2, 0.25) is 0 Å². The van der Waals surface area contributed by atoms with Crippen LogP contribution in [0.5, 0.6) is 0 Å². The Hall–Kier alpha value is -1.61. The molecular formula is C13H17N3. The van der Waals surface area contributed by atoms with E-state index in [1.807, 2.05) is 19.4 Å². The summed E-state index contributed by atoms with van der Waals surface area (Å²) in [5.74, 6) is 1.04. The van der Waals surface area contributed by atoms with Gasteiger partial charge in [-0.1, -0.05) is 29.8 Å². The van der Waals surface area contributed by atoms with Crippen molar-refractivity contribution in [1.82, 2.24) is 14.9 Å². The van der Waals surface area contributed by atoms with Crippen molar-refractivity contribution >= 4 is 0 Å². The van der Waals surface area contributed by atoms with Crippen molar-refractivity contribution in [1.29, 1.82) is 0 Å². The minimum atomic E-state index is 0.944. The third-order valence-electron chi connectivity index (χ3n) is 2.63. The molecule has 0 amide bonds. The number of aromatic nitrogens is 2. The Labute approximate surface area is 96.1 Å². The number of aryl methyl sites for hydroxylation is 1. The van der Waals surface area contributed by atoms with Crippen LogP contribution < -0.4 is 5.32 Å². The smallest absolute Gasteiger partial charge is 0.139 e. The van der Waals surface area contributed by atoms with Crippen LogP contribution in [0.1, 0.15) is 5.56 Å². The summed E-state index contributed by atoms with van der Waals surface area (Å²) in [6, 6.07) is 8.47. The third-order valence-corrected chi connectivity index (χ3v) is 2.63. The fourth-order valence-electron chi connectivity index (χ4n) is 1.68. The normalized spacial score (nSPS) is 10.6. The van der Waals surface area contributed by atoms with Crippen LogP contribution in [0, 0.1) is 6.92 Å². The molecule has 0 radical (unpaired) electrons. The molecule has 3 heteroatoms. The maximum absolute atomic E-state index is 4.40. The first kappa shape index (κ1) is 10.9.